The molecule has 1 aromatic heterocycles. The Labute approximate surface area is 133 Å². The van der Waals surface area contributed by atoms with Crippen LogP contribution in [-0.4, -0.2) is 27.9 Å². The predicted molar refractivity (Wildman–Crippen MR) is 88.1 cm³/mol. The fraction of sp³-hybridized carbons (Fsp3) is 0.375. The van der Waals surface area contributed by atoms with Crippen LogP contribution in [-0.2, 0) is 12.8 Å². The van der Waals surface area contributed by atoms with Gasteiger partial charge in [-0.1, -0.05) is 24.8 Å². The maximum Gasteiger partial charge on any atom is 0.255 e. The number of phenols is 1. The third-order valence-corrected chi connectivity index (χ3v) is 3.89. The van der Waals surface area contributed by atoms with E-state index in [4.69, 9.17) is 4.74 Å². The van der Waals surface area contributed by atoms with Crippen molar-refractivity contribution >= 4 is 11.8 Å². The quantitative estimate of drug-likeness (QED) is 0.632. The second kappa shape index (κ2) is 7.35. The first-order chi connectivity index (χ1) is 10.6. The molecule has 2 rings (SSSR count). The van der Waals surface area contributed by atoms with Crippen molar-refractivity contribution in [2.45, 2.75) is 31.8 Å². The molecular weight excluding hydrogens is 300 g/mol. The molecule has 0 amide bonds. The van der Waals surface area contributed by atoms with Crippen LogP contribution in [0.25, 0.3) is 0 Å². The van der Waals surface area contributed by atoms with Crippen LogP contribution in [0.2, 0.25) is 0 Å². The first kappa shape index (κ1) is 16.4. The number of aromatic hydroxyl groups is 1. The summed E-state index contributed by atoms with van der Waals surface area (Å²) in [6, 6.07) is 5.14. The summed E-state index contributed by atoms with van der Waals surface area (Å²) in [5, 5.41) is 10.4. The molecule has 0 bridgehead atoms. The highest BCUT2D eigenvalue weighted by Crippen LogP contribution is 2.27. The molecule has 118 valence electrons. The number of nitrogens with zero attached hydrogens (tertiary/aromatic N) is 1. The minimum Gasteiger partial charge on any atom is -0.504 e. The van der Waals surface area contributed by atoms with Crippen LogP contribution in [0.3, 0.4) is 0 Å². The van der Waals surface area contributed by atoms with E-state index in [9.17, 15) is 9.90 Å². The zero-order valence-electron chi connectivity index (χ0n) is 13.0. The van der Waals surface area contributed by atoms with Gasteiger partial charge in [0, 0.05) is 12.0 Å². The summed E-state index contributed by atoms with van der Waals surface area (Å²) < 4.78 is 5.38. The molecule has 2 aromatic rings. The van der Waals surface area contributed by atoms with Gasteiger partial charge in [-0.15, -0.1) is 0 Å². The zero-order chi connectivity index (χ0) is 16.1. The Hall–Kier alpha value is -1.95. The lowest BCUT2D eigenvalue weighted by atomic mass is 10.0. The Balaban J connectivity index is 2.38. The van der Waals surface area contributed by atoms with E-state index in [0.29, 0.717) is 35.9 Å². The van der Waals surface area contributed by atoms with Crippen molar-refractivity contribution in [3.05, 3.63) is 45.4 Å². The number of aromatic amines is 1. The lowest BCUT2D eigenvalue weighted by Gasteiger charge is -2.10. The summed E-state index contributed by atoms with van der Waals surface area (Å²) in [7, 11) is 0. The van der Waals surface area contributed by atoms with E-state index < -0.39 is 0 Å². The average Bonchev–Trinajstić information content (AvgIpc) is 2.52. The highest BCUT2D eigenvalue weighted by molar-refractivity contribution is 7.98. The van der Waals surface area contributed by atoms with Gasteiger partial charge in [0.25, 0.3) is 5.56 Å². The molecule has 0 saturated heterocycles. The minimum absolute atomic E-state index is 0.103. The van der Waals surface area contributed by atoms with E-state index in [0.717, 1.165) is 11.3 Å². The molecule has 2 N–H and O–H groups in total. The molecular formula is C16H20N2O3S. The van der Waals surface area contributed by atoms with Crippen LogP contribution >= 0.6 is 11.8 Å². The molecule has 5 nitrogen and oxygen atoms in total. The number of hydrogen-bond acceptors (Lipinski definition) is 5. The van der Waals surface area contributed by atoms with Crippen molar-refractivity contribution in [1.82, 2.24) is 9.97 Å². The number of nitrogens with one attached hydrogen (secondary N) is 1. The summed E-state index contributed by atoms with van der Waals surface area (Å²) in [4.78, 5) is 19.5. The molecule has 6 heteroatoms. The van der Waals surface area contributed by atoms with E-state index in [1.165, 1.54) is 11.8 Å². The van der Waals surface area contributed by atoms with Gasteiger partial charge in [0.2, 0.25) is 0 Å². The van der Waals surface area contributed by atoms with Crippen molar-refractivity contribution in [3.8, 4) is 11.5 Å². The molecule has 22 heavy (non-hydrogen) atoms. The first-order valence-corrected chi connectivity index (χ1v) is 8.42. The fourth-order valence-electron chi connectivity index (χ4n) is 2.24. The molecule has 0 spiro atoms. The SMILES string of the molecule is CCOc1cc(Cc2c(CC)nc(SC)[nH]c2=O)ccc1O. The molecule has 0 fully saturated rings. The number of aryl methyl sites for hydroxylation is 1. The van der Waals surface area contributed by atoms with Gasteiger partial charge >= 0.3 is 0 Å². The topological polar surface area (TPSA) is 75.2 Å². The van der Waals surface area contributed by atoms with Gasteiger partial charge in [0.1, 0.15) is 0 Å². The van der Waals surface area contributed by atoms with Gasteiger partial charge in [-0.25, -0.2) is 4.98 Å². The molecule has 0 aliphatic rings. The highest BCUT2D eigenvalue weighted by Gasteiger charge is 2.12. The Kier molecular flexibility index (Phi) is 5.49. The number of H-pyrrole nitrogens is 1. The van der Waals surface area contributed by atoms with Crippen LogP contribution in [0.1, 0.15) is 30.7 Å². The van der Waals surface area contributed by atoms with Crippen LogP contribution in [0.5, 0.6) is 11.5 Å². The highest BCUT2D eigenvalue weighted by atomic mass is 32.2. The van der Waals surface area contributed by atoms with Gasteiger partial charge in [-0.3, -0.25) is 4.79 Å². The van der Waals surface area contributed by atoms with E-state index >= 15 is 0 Å². The summed E-state index contributed by atoms with van der Waals surface area (Å²) in [6.07, 6.45) is 3.04. The Morgan fingerprint density at radius 3 is 2.77 bits per heavy atom. The van der Waals surface area contributed by atoms with E-state index in [-0.39, 0.29) is 11.3 Å². The third kappa shape index (κ3) is 3.62. The van der Waals surface area contributed by atoms with E-state index in [1.54, 1.807) is 18.2 Å². The second-order valence-corrected chi connectivity index (χ2v) is 5.56. The van der Waals surface area contributed by atoms with Crippen molar-refractivity contribution in [2.75, 3.05) is 12.9 Å². The van der Waals surface area contributed by atoms with Crippen LogP contribution < -0.4 is 10.3 Å². The standard InChI is InChI=1S/C16H20N2O3S/c1-4-12-11(15(20)18-16(17-12)22-3)8-10-6-7-13(19)14(9-10)21-5-2/h6-7,9,19H,4-5,8H2,1-3H3,(H,17,18,20). The summed E-state index contributed by atoms with van der Waals surface area (Å²) in [5.74, 6) is 0.536. The number of aromatic nitrogens is 2. The largest absolute Gasteiger partial charge is 0.504 e. The van der Waals surface area contributed by atoms with Crippen molar-refractivity contribution in [3.63, 3.8) is 0 Å². The third-order valence-electron chi connectivity index (χ3n) is 3.31. The van der Waals surface area contributed by atoms with Crippen molar-refractivity contribution < 1.29 is 9.84 Å². The maximum atomic E-state index is 12.3. The number of rotatable bonds is 6. The molecule has 0 unspecified atom stereocenters. The van der Waals surface area contributed by atoms with Gasteiger partial charge in [0.15, 0.2) is 16.7 Å². The first-order valence-electron chi connectivity index (χ1n) is 7.19. The van der Waals surface area contributed by atoms with E-state index in [2.05, 4.69) is 9.97 Å². The number of benzene rings is 1. The van der Waals surface area contributed by atoms with Crippen molar-refractivity contribution in [1.29, 1.82) is 0 Å². The number of thioether (sulfide) groups is 1. The van der Waals surface area contributed by atoms with Gasteiger partial charge in [-0.05, 0) is 37.3 Å². The van der Waals surface area contributed by atoms with Crippen LogP contribution in [0.15, 0.2) is 28.2 Å². The number of hydrogen-bond donors (Lipinski definition) is 2. The van der Waals surface area contributed by atoms with Gasteiger partial charge < -0.3 is 14.8 Å². The lowest BCUT2D eigenvalue weighted by Crippen LogP contribution is -2.18. The molecule has 1 aromatic carbocycles. The maximum absolute atomic E-state index is 12.3. The summed E-state index contributed by atoms with van der Waals surface area (Å²) in [5.41, 5.74) is 2.26. The molecule has 1 heterocycles. The Morgan fingerprint density at radius 1 is 1.36 bits per heavy atom. The van der Waals surface area contributed by atoms with Gasteiger partial charge in [-0.2, -0.15) is 0 Å². The smallest absolute Gasteiger partial charge is 0.255 e. The van der Waals surface area contributed by atoms with Gasteiger partial charge in [0.05, 0.1) is 12.3 Å². The Morgan fingerprint density at radius 2 is 2.14 bits per heavy atom. The van der Waals surface area contributed by atoms with E-state index in [1.807, 2.05) is 20.1 Å². The molecule has 0 radical (unpaired) electrons. The Bertz CT molecular complexity index is 713. The zero-order valence-corrected chi connectivity index (χ0v) is 13.8. The number of phenolic OH excluding ortho intramolecular Hbond substituents is 1. The molecule has 0 aliphatic carbocycles. The summed E-state index contributed by atoms with van der Waals surface area (Å²) in [6.45, 7) is 4.32. The minimum atomic E-state index is -0.109. The van der Waals surface area contributed by atoms with Crippen LogP contribution in [0.4, 0.5) is 0 Å². The molecule has 0 saturated carbocycles. The second-order valence-electron chi connectivity index (χ2n) is 4.77. The van der Waals surface area contributed by atoms with Crippen molar-refractivity contribution in [2.24, 2.45) is 0 Å². The fourth-order valence-corrected chi connectivity index (χ4v) is 2.63. The number of ether oxygens (including phenoxy) is 1. The summed E-state index contributed by atoms with van der Waals surface area (Å²) >= 11 is 1.42. The lowest BCUT2D eigenvalue weighted by molar-refractivity contribution is 0.318. The average molecular weight is 320 g/mol. The molecule has 0 atom stereocenters. The predicted octanol–water partition coefficient (Wildman–Crippen LogP) is 2.75. The monoisotopic (exact) mass is 320 g/mol. The molecule has 0 aliphatic heterocycles. The van der Waals surface area contributed by atoms with Crippen LogP contribution in [0, 0.1) is 0 Å². The normalized spacial score (nSPS) is 10.7.